The van der Waals surface area contributed by atoms with Gasteiger partial charge in [-0.3, -0.25) is 4.90 Å². The van der Waals surface area contributed by atoms with E-state index < -0.39 is 5.60 Å². The second kappa shape index (κ2) is 4.07. The number of aliphatic hydroxyl groups is 1. The largest absolute Gasteiger partial charge is 0.392 e. The summed E-state index contributed by atoms with van der Waals surface area (Å²) in [6.07, 6.45) is 3.41. The lowest BCUT2D eigenvalue weighted by Gasteiger charge is -2.52. The number of fused-ring (bicyclic) bond motifs is 2. The average Bonchev–Trinajstić information content (AvgIpc) is 2.85. The molecule has 1 aliphatic heterocycles. The van der Waals surface area contributed by atoms with E-state index in [1.54, 1.807) is 7.11 Å². The SMILES string of the molecule is CO[C@]12CC(O)CN(C)[C@@H]1Cc1c[nH]c3cccc2c13. The highest BCUT2D eigenvalue weighted by Gasteiger charge is 2.51. The van der Waals surface area contributed by atoms with Gasteiger partial charge in [0, 0.05) is 43.2 Å². The summed E-state index contributed by atoms with van der Waals surface area (Å²) in [6.45, 7) is 0.714. The summed E-state index contributed by atoms with van der Waals surface area (Å²) < 4.78 is 6.02. The van der Waals surface area contributed by atoms with Crippen molar-refractivity contribution in [2.24, 2.45) is 0 Å². The Morgan fingerprint density at radius 3 is 3.10 bits per heavy atom. The number of rotatable bonds is 1. The van der Waals surface area contributed by atoms with Crippen molar-refractivity contribution in [2.45, 2.75) is 30.6 Å². The molecule has 20 heavy (non-hydrogen) atoms. The minimum Gasteiger partial charge on any atom is -0.392 e. The summed E-state index contributed by atoms with van der Waals surface area (Å²) in [5, 5.41) is 11.5. The monoisotopic (exact) mass is 272 g/mol. The van der Waals surface area contributed by atoms with Crippen molar-refractivity contribution in [2.75, 3.05) is 20.7 Å². The maximum Gasteiger partial charge on any atom is 0.112 e. The van der Waals surface area contributed by atoms with Crippen molar-refractivity contribution in [3.8, 4) is 0 Å². The molecule has 0 radical (unpaired) electrons. The van der Waals surface area contributed by atoms with Gasteiger partial charge in [0.2, 0.25) is 0 Å². The summed E-state index contributed by atoms with van der Waals surface area (Å²) in [7, 11) is 3.86. The number of aromatic amines is 1. The number of likely N-dealkylation sites (tertiary alicyclic amines) is 1. The Labute approximate surface area is 118 Å². The molecule has 1 saturated heterocycles. The average molecular weight is 272 g/mol. The standard InChI is InChI=1S/C16H20N2O2/c1-18-9-11(19)7-16(20-2)12-4-3-5-13-15(12)10(8-17-13)6-14(16)18/h3-5,8,11,14,17,19H,6-7,9H2,1-2H3/t11?,14-,16+/m1/s1. The predicted octanol–water partition coefficient (Wildman–Crippen LogP) is 1.63. The number of benzene rings is 1. The second-order valence-corrected chi connectivity index (χ2v) is 6.15. The quantitative estimate of drug-likeness (QED) is 0.829. The van der Waals surface area contributed by atoms with Gasteiger partial charge in [0.05, 0.1) is 6.10 Å². The van der Waals surface area contributed by atoms with Crippen LogP contribution in [0.4, 0.5) is 0 Å². The Balaban J connectivity index is 2.00. The van der Waals surface area contributed by atoms with Crippen LogP contribution in [0, 0.1) is 0 Å². The third-order valence-corrected chi connectivity index (χ3v) is 5.13. The first-order valence-corrected chi connectivity index (χ1v) is 7.18. The number of methoxy groups -OCH3 is 1. The van der Waals surface area contributed by atoms with Gasteiger partial charge in [-0.1, -0.05) is 12.1 Å². The van der Waals surface area contributed by atoms with Crippen molar-refractivity contribution in [1.82, 2.24) is 9.88 Å². The summed E-state index contributed by atoms with van der Waals surface area (Å²) >= 11 is 0. The van der Waals surface area contributed by atoms with E-state index in [4.69, 9.17) is 4.74 Å². The number of ether oxygens (including phenoxy) is 1. The maximum absolute atomic E-state index is 10.2. The van der Waals surface area contributed by atoms with E-state index in [1.165, 1.54) is 16.5 Å². The zero-order valence-electron chi connectivity index (χ0n) is 11.9. The van der Waals surface area contributed by atoms with Crippen LogP contribution in [0.1, 0.15) is 17.5 Å². The van der Waals surface area contributed by atoms with Crippen LogP contribution in [-0.2, 0) is 16.8 Å². The van der Waals surface area contributed by atoms with Gasteiger partial charge >= 0.3 is 0 Å². The van der Waals surface area contributed by atoms with Crippen molar-refractivity contribution in [1.29, 1.82) is 0 Å². The van der Waals surface area contributed by atoms with Crippen LogP contribution in [-0.4, -0.2) is 47.8 Å². The lowest BCUT2D eigenvalue weighted by molar-refractivity contribution is -0.141. The van der Waals surface area contributed by atoms with Gasteiger partial charge in [0.15, 0.2) is 0 Å². The number of nitrogens with one attached hydrogen (secondary N) is 1. The van der Waals surface area contributed by atoms with Crippen LogP contribution in [0.2, 0.25) is 0 Å². The van der Waals surface area contributed by atoms with Crippen molar-refractivity contribution < 1.29 is 9.84 Å². The molecule has 0 amide bonds. The molecule has 1 aromatic carbocycles. The Hall–Kier alpha value is -1.36. The summed E-state index contributed by atoms with van der Waals surface area (Å²) in [4.78, 5) is 5.60. The number of nitrogens with zero attached hydrogens (tertiary/aromatic N) is 1. The van der Waals surface area contributed by atoms with Crippen LogP contribution in [0.5, 0.6) is 0 Å². The van der Waals surface area contributed by atoms with Gasteiger partial charge in [0.1, 0.15) is 5.60 Å². The van der Waals surface area contributed by atoms with Gasteiger partial charge in [-0.15, -0.1) is 0 Å². The van der Waals surface area contributed by atoms with E-state index >= 15 is 0 Å². The smallest absolute Gasteiger partial charge is 0.112 e. The molecule has 4 rings (SSSR count). The van der Waals surface area contributed by atoms with Crippen molar-refractivity contribution in [3.05, 3.63) is 35.5 Å². The highest BCUT2D eigenvalue weighted by atomic mass is 16.5. The predicted molar refractivity (Wildman–Crippen MR) is 77.7 cm³/mol. The van der Waals surface area contributed by atoms with Gasteiger partial charge in [-0.05, 0) is 30.7 Å². The molecule has 1 unspecified atom stereocenters. The lowest BCUT2D eigenvalue weighted by atomic mass is 9.70. The Morgan fingerprint density at radius 1 is 1.45 bits per heavy atom. The Kier molecular flexibility index (Phi) is 2.52. The van der Waals surface area contributed by atoms with Gasteiger partial charge in [-0.25, -0.2) is 0 Å². The molecule has 2 aliphatic rings. The fourth-order valence-corrected chi connectivity index (χ4v) is 4.28. The number of hydrogen-bond acceptors (Lipinski definition) is 3. The normalized spacial score (nSPS) is 33.4. The van der Waals surface area contributed by atoms with Gasteiger partial charge in [-0.2, -0.15) is 0 Å². The Bertz CT molecular complexity index is 666. The highest BCUT2D eigenvalue weighted by molar-refractivity contribution is 5.88. The fraction of sp³-hybridized carbons (Fsp3) is 0.500. The second-order valence-electron chi connectivity index (χ2n) is 6.15. The highest BCUT2D eigenvalue weighted by Crippen LogP contribution is 2.47. The minimum absolute atomic E-state index is 0.282. The molecule has 1 fully saturated rings. The molecule has 3 atom stereocenters. The Morgan fingerprint density at radius 2 is 2.30 bits per heavy atom. The molecule has 1 aliphatic carbocycles. The number of aromatic nitrogens is 1. The van der Waals surface area contributed by atoms with Gasteiger partial charge < -0.3 is 14.8 Å². The number of likely N-dealkylation sites (N-methyl/N-ethyl adjacent to an activating group) is 1. The van der Waals surface area contributed by atoms with Crippen LogP contribution >= 0.6 is 0 Å². The molecule has 4 nitrogen and oxygen atoms in total. The van der Waals surface area contributed by atoms with E-state index in [1.807, 2.05) is 0 Å². The molecule has 0 bridgehead atoms. The number of hydrogen-bond donors (Lipinski definition) is 2. The molecule has 2 heterocycles. The first-order valence-electron chi connectivity index (χ1n) is 7.18. The molecule has 2 N–H and O–H groups in total. The van der Waals surface area contributed by atoms with E-state index in [2.05, 4.69) is 41.3 Å². The van der Waals surface area contributed by atoms with Crippen molar-refractivity contribution >= 4 is 10.9 Å². The first kappa shape index (κ1) is 12.4. The van der Waals surface area contributed by atoms with Crippen LogP contribution in [0.25, 0.3) is 10.9 Å². The molecular weight excluding hydrogens is 252 g/mol. The number of β-amino-alcohol motifs (C(OH)–C–C–N with tert-alkyl or cyclic N) is 1. The van der Waals surface area contributed by atoms with E-state index in [9.17, 15) is 5.11 Å². The van der Waals surface area contributed by atoms with E-state index in [0.717, 1.165) is 11.9 Å². The number of piperidine rings is 1. The minimum atomic E-state index is -0.402. The zero-order valence-corrected chi connectivity index (χ0v) is 11.9. The zero-order chi connectivity index (χ0) is 13.9. The van der Waals surface area contributed by atoms with Crippen LogP contribution in [0.15, 0.2) is 24.4 Å². The molecule has 0 saturated carbocycles. The van der Waals surface area contributed by atoms with Gasteiger partial charge in [0.25, 0.3) is 0 Å². The molecule has 1 aromatic heterocycles. The molecular formula is C16H20N2O2. The maximum atomic E-state index is 10.2. The molecule has 106 valence electrons. The molecule has 2 aromatic rings. The van der Waals surface area contributed by atoms with E-state index in [-0.39, 0.29) is 12.1 Å². The lowest BCUT2D eigenvalue weighted by Crippen LogP contribution is -2.60. The third kappa shape index (κ3) is 1.41. The summed E-state index contributed by atoms with van der Waals surface area (Å²) in [5.41, 5.74) is 3.34. The fourth-order valence-electron chi connectivity index (χ4n) is 4.28. The van der Waals surface area contributed by atoms with E-state index in [0.29, 0.717) is 13.0 Å². The number of H-pyrrole nitrogens is 1. The third-order valence-electron chi connectivity index (χ3n) is 5.13. The molecule has 4 heteroatoms. The number of aliphatic hydroxyl groups excluding tert-OH is 1. The van der Waals surface area contributed by atoms with Crippen LogP contribution < -0.4 is 0 Å². The first-order chi connectivity index (χ1) is 9.65. The summed E-state index contributed by atoms with van der Waals surface area (Å²) in [5.74, 6) is 0. The topological polar surface area (TPSA) is 48.5 Å². The summed E-state index contributed by atoms with van der Waals surface area (Å²) in [6, 6.07) is 6.61. The molecule has 0 spiro atoms. The van der Waals surface area contributed by atoms with Crippen LogP contribution in [0.3, 0.4) is 0 Å². The van der Waals surface area contributed by atoms with Crippen molar-refractivity contribution in [3.63, 3.8) is 0 Å².